The summed E-state index contributed by atoms with van der Waals surface area (Å²) in [4.78, 5) is 0. The van der Waals surface area contributed by atoms with Crippen molar-refractivity contribution in [2.24, 2.45) is 17.6 Å². The molecule has 0 aromatic heterocycles. The summed E-state index contributed by atoms with van der Waals surface area (Å²) in [7, 11) is 0. The summed E-state index contributed by atoms with van der Waals surface area (Å²) in [5.74, 6) is 3.12. The zero-order valence-corrected chi connectivity index (χ0v) is 11.7. The van der Waals surface area contributed by atoms with Crippen molar-refractivity contribution in [2.75, 3.05) is 5.75 Å². The van der Waals surface area contributed by atoms with Gasteiger partial charge in [0.1, 0.15) is 0 Å². The first-order valence-electron chi connectivity index (χ1n) is 7.05. The van der Waals surface area contributed by atoms with E-state index in [1.165, 1.54) is 50.7 Å². The number of rotatable bonds is 3. The lowest BCUT2D eigenvalue weighted by Crippen LogP contribution is -2.47. The third-order valence-corrected chi connectivity index (χ3v) is 6.56. The molecule has 2 aliphatic rings. The van der Waals surface area contributed by atoms with Crippen molar-refractivity contribution < 1.29 is 0 Å². The van der Waals surface area contributed by atoms with Crippen LogP contribution in [0.3, 0.4) is 0 Å². The molecule has 1 nitrogen and oxygen atoms in total. The fourth-order valence-corrected chi connectivity index (χ4v) is 4.95. The van der Waals surface area contributed by atoms with Gasteiger partial charge in [-0.15, -0.1) is 0 Å². The van der Waals surface area contributed by atoms with Gasteiger partial charge in [0.15, 0.2) is 0 Å². The molecular formula is C14H27NS. The van der Waals surface area contributed by atoms with Crippen LogP contribution < -0.4 is 5.73 Å². The molecule has 2 N–H and O–H groups in total. The zero-order valence-electron chi connectivity index (χ0n) is 10.9. The Morgan fingerprint density at radius 3 is 2.50 bits per heavy atom. The lowest BCUT2D eigenvalue weighted by molar-refractivity contribution is 0.217. The lowest BCUT2D eigenvalue weighted by Gasteiger charge is -2.39. The molecule has 0 amide bonds. The van der Waals surface area contributed by atoms with Gasteiger partial charge in [-0.1, -0.05) is 26.2 Å². The predicted octanol–water partition coefficient (Wildman–Crippen LogP) is 3.82. The van der Waals surface area contributed by atoms with E-state index in [0.717, 1.165) is 11.8 Å². The maximum absolute atomic E-state index is 6.55. The van der Waals surface area contributed by atoms with E-state index in [9.17, 15) is 0 Å². The van der Waals surface area contributed by atoms with Gasteiger partial charge in [0, 0.05) is 10.8 Å². The first-order valence-corrected chi connectivity index (χ1v) is 8.04. The largest absolute Gasteiger partial charge is 0.326 e. The summed E-state index contributed by atoms with van der Waals surface area (Å²) in [6.07, 6.45) is 9.70. The number of hydrogen-bond donors (Lipinski definition) is 1. The minimum atomic E-state index is 0.393. The van der Waals surface area contributed by atoms with E-state index in [1.807, 2.05) is 0 Å². The standard InChI is InChI=1S/C14H27NS/c1-3-11-5-7-12(8-6-11)13(15)14(2)9-4-10-16-14/h11-13H,3-10,15H2,1-2H3. The topological polar surface area (TPSA) is 26.0 Å². The normalized spacial score (nSPS) is 42.2. The second-order valence-electron chi connectivity index (χ2n) is 5.98. The highest BCUT2D eigenvalue weighted by atomic mass is 32.2. The highest BCUT2D eigenvalue weighted by molar-refractivity contribution is 8.00. The third-order valence-electron chi connectivity index (χ3n) is 4.93. The van der Waals surface area contributed by atoms with E-state index < -0.39 is 0 Å². The second-order valence-corrected chi connectivity index (χ2v) is 7.61. The maximum Gasteiger partial charge on any atom is 0.0285 e. The Morgan fingerprint density at radius 1 is 1.31 bits per heavy atom. The molecule has 1 saturated carbocycles. The van der Waals surface area contributed by atoms with Gasteiger partial charge in [0.05, 0.1) is 0 Å². The molecule has 1 saturated heterocycles. The van der Waals surface area contributed by atoms with Gasteiger partial charge < -0.3 is 5.73 Å². The van der Waals surface area contributed by atoms with E-state index in [0.29, 0.717) is 10.8 Å². The van der Waals surface area contributed by atoms with Crippen LogP contribution in [0.4, 0.5) is 0 Å². The van der Waals surface area contributed by atoms with Crippen LogP contribution in [0.2, 0.25) is 0 Å². The number of nitrogens with two attached hydrogens (primary N) is 1. The van der Waals surface area contributed by atoms with Gasteiger partial charge in [0.2, 0.25) is 0 Å². The minimum Gasteiger partial charge on any atom is -0.326 e. The Hall–Kier alpha value is 0.310. The van der Waals surface area contributed by atoms with Crippen molar-refractivity contribution in [1.82, 2.24) is 0 Å². The highest BCUT2D eigenvalue weighted by Crippen LogP contribution is 2.45. The summed E-state index contributed by atoms with van der Waals surface area (Å²) in [6, 6.07) is 0.442. The molecule has 1 heterocycles. The Morgan fingerprint density at radius 2 is 2.00 bits per heavy atom. The second kappa shape index (κ2) is 5.30. The highest BCUT2D eigenvalue weighted by Gasteiger charge is 2.40. The monoisotopic (exact) mass is 241 g/mol. The first-order chi connectivity index (χ1) is 7.65. The molecule has 2 rings (SSSR count). The Bertz CT molecular complexity index is 215. The van der Waals surface area contributed by atoms with Crippen LogP contribution in [-0.4, -0.2) is 16.5 Å². The van der Waals surface area contributed by atoms with Crippen molar-refractivity contribution in [3.05, 3.63) is 0 Å². The summed E-state index contributed by atoms with van der Waals surface area (Å²) in [6.45, 7) is 4.74. The van der Waals surface area contributed by atoms with E-state index in [-0.39, 0.29) is 0 Å². The Kier molecular flexibility index (Phi) is 4.23. The fraction of sp³-hybridized carbons (Fsp3) is 1.00. The average Bonchev–Trinajstić information content (AvgIpc) is 2.77. The maximum atomic E-state index is 6.55. The summed E-state index contributed by atoms with van der Waals surface area (Å²) >= 11 is 2.13. The molecular weight excluding hydrogens is 214 g/mol. The van der Waals surface area contributed by atoms with Crippen molar-refractivity contribution in [3.8, 4) is 0 Å². The van der Waals surface area contributed by atoms with Gasteiger partial charge in [-0.3, -0.25) is 0 Å². The fourth-order valence-electron chi connectivity index (χ4n) is 3.52. The van der Waals surface area contributed by atoms with E-state index in [1.54, 1.807) is 0 Å². The molecule has 0 spiro atoms. The molecule has 2 atom stereocenters. The van der Waals surface area contributed by atoms with Gasteiger partial charge >= 0.3 is 0 Å². The Balaban J connectivity index is 1.88. The van der Waals surface area contributed by atoms with Crippen molar-refractivity contribution in [2.45, 2.75) is 69.6 Å². The van der Waals surface area contributed by atoms with Crippen LogP contribution in [0.1, 0.15) is 58.8 Å². The molecule has 0 aromatic carbocycles. The summed E-state index contributed by atoms with van der Waals surface area (Å²) < 4.78 is 0.393. The molecule has 94 valence electrons. The zero-order chi connectivity index (χ0) is 11.6. The SMILES string of the molecule is CCC1CCC(C(N)C2(C)CCCS2)CC1. The molecule has 16 heavy (non-hydrogen) atoms. The lowest BCUT2D eigenvalue weighted by atomic mass is 9.74. The van der Waals surface area contributed by atoms with Crippen LogP contribution >= 0.6 is 11.8 Å². The van der Waals surface area contributed by atoms with Crippen molar-refractivity contribution in [3.63, 3.8) is 0 Å². The van der Waals surface area contributed by atoms with Gasteiger partial charge in [0.25, 0.3) is 0 Å². The van der Waals surface area contributed by atoms with Crippen molar-refractivity contribution >= 4 is 11.8 Å². The van der Waals surface area contributed by atoms with Gasteiger partial charge in [-0.05, 0) is 50.2 Å². The molecule has 2 unspecified atom stereocenters. The van der Waals surface area contributed by atoms with Crippen LogP contribution in [0.5, 0.6) is 0 Å². The third kappa shape index (κ3) is 2.59. The molecule has 2 fully saturated rings. The molecule has 1 aliphatic heterocycles. The molecule has 1 aliphatic carbocycles. The Labute approximate surface area is 105 Å². The van der Waals surface area contributed by atoms with Gasteiger partial charge in [-0.25, -0.2) is 0 Å². The van der Waals surface area contributed by atoms with Crippen molar-refractivity contribution in [1.29, 1.82) is 0 Å². The summed E-state index contributed by atoms with van der Waals surface area (Å²) in [5, 5.41) is 0. The van der Waals surface area contributed by atoms with E-state index in [4.69, 9.17) is 5.73 Å². The number of hydrogen-bond acceptors (Lipinski definition) is 2. The number of thioether (sulfide) groups is 1. The van der Waals surface area contributed by atoms with Crippen LogP contribution in [0.15, 0.2) is 0 Å². The van der Waals surface area contributed by atoms with E-state index >= 15 is 0 Å². The minimum absolute atomic E-state index is 0.393. The van der Waals surface area contributed by atoms with E-state index in [2.05, 4.69) is 25.6 Å². The smallest absolute Gasteiger partial charge is 0.0285 e. The quantitative estimate of drug-likeness (QED) is 0.813. The summed E-state index contributed by atoms with van der Waals surface area (Å²) in [5.41, 5.74) is 6.55. The predicted molar refractivity (Wildman–Crippen MR) is 73.8 cm³/mol. The molecule has 2 heteroatoms. The van der Waals surface area contributed by atoms with Crippen LogP contribution in [-0.2, 0) is 0 Å². The van der Waals surface area contributed by atoms with Crippen LogP contribution in [0, 0.1) is 11.8 Å². The molecule has 0 aromatic rings. The average molecular weight is 241 g/mol. The molecule has 0 radical (unpaired) electrons. The van der Waals surface area contributed by atoms with Crippen LogP contribution in [0.25, 0.3) is 0 Å². The van der Waals surface area contributed by atoms with Gasteiger partial charge in [-0.2, -0.15) is 11.8 Å². The first kappa shape index (κ1) is 12.8. The molecule has 0 bridgehead atoms.